The SMILES string of the molecule is CC(C(=O)NO)N(Cc1ccccc1[N+](=O)[O-])S(=O)(=O)c1ccc(I)cc1. The lowest BCUT2D eigenvalue weighted by atomic mass is 10.1. The second-order valence-electron chi connectivity index (χ2n) is 5.54. The first-order valence-electron chi connectivity index (χ1n) is 7.62. The highest BCUT2D eigenvalue weighted by Crippen LogP contribution is 2.26. The van der Waals surface area contributed by atoms with E-state index in [0.29, 0.717) is 0 Å². The van der Waals surface area contributed by atoms with Crippen LogP contribution >= 0.6 is 22.6 Å². The van der Waals surface area contributed by atoms with Crippen LogP contribution in [-0.4, -0.2) is 34.8 Å². The van der Waals surface area contributed by atoms with E-state index >= 15 is 0 Å². The topological polar surface area (TPSA) is 130 Å². The minimum Gasteiger partial charge on any atom is -0.289 e. The summed E-state index contributed by atoms with van der Waals surface area (Å²) >= 11 is 2.02. The van der Waals surface area contributed by atoms with Crippen molar-refractivity contribution in [3.8, 4) is 0 Å². The largest absolute Gasteiger partial charge is 0.289 e. The Hall–Kier alpha value is -2.09. The molecule has 0 saturated heterocycles. The number of sulfonamides is 1. The molecule has 0 saturated carbocycles. The number of hydrogen-bond donors (Lipinski definition) is 2. The third kappa shape index (κ3) is 4.80. The minimum absolute atomic E-state index is 0.0703. The summed E-state index contributed by atoms with van der Waals surface area (Å²) in [6.07, 6.45) is 0. The fourth-order valence-corrected chi connectivity index (χ4v) is 4.32. The second kappa shape index (κ2) is 8.73. The van der Waals surface area contributed by atoms with Crippen molar-refractivity contribution in [2.75, 3.05) is 0 Å². The van der Waals surface area contributed by atoms with Gasteiger partial charge in [0.15, 0.2) is 0 Å². The monoisotopic (exact) mass is 505 g/mol. The highest BCUT2D eigenvalue weighted by Gasteiger charge is 2.34. The smallest absolute Gasteiger partial charge is 0.273 e. The predicted molar refractivity (Wildman–Crippen MR) is 104 cm³/mol. The number of rotatable bonds is 7. The fraction of sp³-hybridized carbons (Fsp3) is 0.188. The summed E-state index contributed by atoms with van der Waals surface area (Å²) in [5, 5.41) is 20.1. The lowest BCUT2D eigenvalue weighted by Crippen LogP contribution is -2.46. The molecular formula is C16H16IN3O6S. The van der Waals surface area contributed by atoms with Crippen LogP contribution in [0.1, 0.15) is 12.5 Å². The molecule has 0 fully saturated rings. The number of nitro benzene ring substituents is 1. The number of hydrogen-bond acceptors (Lipinski definition) is 6. The Morgan fingerprint density at radius 2 is 1.85 bits per heavy atom. The van der Waals surface area contributed by atoms with Crippen LogP contribution in [0.25, 0.3) is 0 Å². The molecule has 27 heavy (non-hydrogen) atoms. The van der Waals surface area contributed by atoms with Gasteiger partial charge >= 0.3 is 0 Å². The minimum atomic E-state index is -4.18. The van der Waals surface area contributed by atoms with Gasteiger partial charge in [-0.05, 0) is 53.8 Å². The third-order valence-corrected chi connectivity index (χ3v) is 6.51. The van der Waals surface area contributed by atoms with Gasteiger partial charge in [0.1, 0.15) is 6.04 Å². The molecule has 2 rings (SSSR count). The van der Waals surface area contributed by atoms with Crippen molar-refractivity contribution >= 4 is 44.2 Å². The molecule has 0 aliphatic rings. The third-order valence-electron chi connectivity index (χ3n) is 3.86. The first kappa shape index (κ1) is 21.2. The molecule has 0 aliphatic carbocycles. The van der Waals surface area contributed by atoms with Crippen LogP contribution in [0, 0.1) is 13.7 Å². The Balaban J connectivity index is 2.54. The second-order valence-corrected chi connectivity index (χ2v) is 8.68. The average Bonchev–Trinajstić information content (AvgIpc) is 2.65. The predicted octanol–water partition coefficient (Wildman–Crippen LogP) is 2.28. The number of nitrogens with zero attached hydrogens (tertiary/aromatic N) is 2. The zero-order valence-corrected chi connectivity index (χ0v) is 17.0. The van der Waals surface area contributed by atoms with Gasteiger partial charge < -0.3 is 0 Å². The highest BCUT2D eigenvalue weighted by molar-refractivity contribution is 14.1. The Morgan fingerprint density at radius 3 is 2.41 bits per heavy atom. The maximum absolute atomic E-state index is 13.1. The molecule has 0 aliphatic heterocycles. The summed E-state index contributed by atoms with van der Waals surface area (Å²) in [4.78, 5) is 22.4. The fourth-order valence-electron chi connectivity index (χ4n) is 2.39. The Morgan fingerprint density at radius 1 is 1.26 bits per heavy atom. The van der Waals surface area contributed by atoms with E-state index in [1.54, 1.807) is 12.1 Å². The van der Waals surface area contributed by atoms with Gasteiger partial charge in [-0.2, -0.15) is 4.31 Å². The summed E-state index contributed by atoms with van der Waals surface area (Å²) in [7, 11) is -4.18. The number of nitro groups is 1. The molecule has 11 heteroatoms. The van der Waals surface area contributed by atoms with E-state index in [1.165, 1.54) is 48.8 Å². The summed E-state index contributed by atoms with van der Waals surface area (Å²) in [5.41, 5.74) is 1.27. The van der Waals surface area contributed by atoms with Crippen LogP contribution < -0.4 is 5.48 Å². The Labute approximate surface area is 169 Å². The number of nitrogens with one attached hydrogen (secondary N) is 1. The van der Waals surface area contributed by atoms with Gasteiger partial charge in [-0.1, -0.05) is 18.2 Å². The highest BCUT2D eigenvalue weighted by atomic mass is 127. The molecule has 0 radical (unpaired) electrons. The standard InChI is InChI=1S/C16H16IN3O6S/c1-11(16(21)18-22)19(10-12-4-2-3-5-15(12)20(23)24)27(25,26)14-8-6-13(17)7-9-14/h2-9,11,22H,10H2,1H3,(H,18,21). The molecule has 9 nitrogen and oxygen atoms in total. The van der Waals surface area contributed by atoms with Crippen molar-refractivity contribution in [1.82, 2.24) is 9.79 Å². The van der Waals surface area contributed by atoms with Gasteiger partial charge in [0.2, 0.25) is 10.0 Å². The molecule has 2 aromatic rings. The maximum atomic E-state index is 13.1. The number of carbonyl (C=O) groups excluding carboxylic acids is 1. The molecule has 1 amide bonds. The summed E-state index contributed by atoms with van der Waals surface area (Å²) in [6.45, 7) is 0.866. The Kier molecular flexibility index (Phi) is 6.86. The number of carbonyl (C=O) groups is 1. The van der Waals surface area contributed by atoms with Gasteiger partial charge in [0, 0.05) is 21.7 Å². The zero-order valence-electron chi connectivity index (χ0n) is 14.1. The molecule has 0 aromatic heterocycles. The molecule has 0 spiro atoms. The lowest BCUT2D eigenvalue weighted by Gasteiger charge is -2.27. The number of amides is 1. The molecule has 0 bridgehead atoms. The zero-order chi connectivity index (χ0) is 20.2. The molecule has 0 heterocycles. The summed E-state index contributed by atoms with van der Waals surface area (Å²) < 4.78 is 27.8. The molecule has 2 aromatic carbocycles. The van der Waals surface area contributed by atoms with Crippen LogP contribution in [0.2, 0.25) is 0 Å². The van der Waals surface area contributed by atoms with Gasteiger partial charge in [0.05, 0.1) is 9.82 Å². The number of para-hydroxylation sites is 1. The van der Waals surface area contributed by atoms with Crippen molar-refractivity contribution in [1.29, 1.82) is 0 Å². The maximum Gasteiger partial charge on any atom is 0.273 e. The van der Waals surface area contributed by atoms with Gasteiger partial charge in [-0.3, -0.25) is 20.1 Å². The van der Waals surface area contributed by atoms with E-state index in [0.717, 1.165) is 7.88 Å². The quantitative estimate of drug-likeness (QED) is 0.257. The average molecular weight is 505 g/mol. The molecule has 144 valence electrons. The molecule has 1 unspecified atom stereocenters. The number of hydroxylamine groups is 1. The van der Waals surface area contributed by atoms with Crippen LogP contribution in [0.4, 0.5) is 5.69 Å². The normalized spacial score (nSPS) is 12.6. The van der Waals surface area contributed by atoms with Crippen LogP contribution in [0.15, 0.2) is 53.4 Å². The van der Waals surface area contributed by atoms with Crippen molar-refractivity contribution in [2.24, 2.45) is 0 Å². The molecule has 2 N–H and O–H groups in total. The van der Waals surface area contributed by atoms with Gasteiger partial charge in [-0.15, -0.1) is 0 Å². The number of halogens is 1. The van der Waals surface area contributed by atoms with E-state index < -0.39 is 33.4 Å². The Bertz CT molecular complexity index is 949. The van der Waals surface area contributed by atoms with Crippen LogP contribution in [-0.2, 0) is 21.4 Å². The van der Waals surface area contributed by atoms with E-state index in [4.69, 9.17) is 5.21 Å². The van der Waals surface area contributed by atoms with E-state index in [2.05, 4.69) is 0 Å². The van der Waals surface area contributed by atoms with Crippen LogP contribution in [0.5, 0.6) is 0 Å². The first-order chi connectivity index (χ1) is 12.7. The van der Waals surface area contributed by atoms with E-state index in [-0.39, 0.29) is 16.1 Å². The summed E-state index contributed by atoms with van der Waals surface area (Å²) in [6, 6.07) is 10.3. The summed E-state index contributed by atoms with van der Waals surface area (Å²) in [5.74, 6) is -0.956. The van der Waals surface area contributed by atoms with Gasteiger partial charge in [0.25, 0.3) is 11.6 Å². The van der Waals surface area contributed by atoms with Crippen molar-refractivity contribution < 1.29 is 23.3 Å². The molecule has 1 atom stereocenters. The number of benzene rings is 2. The van der Waals surface area contributed by atoms with Crippen LogP contribution in [0.3, 0.4) is 0 Å². The van der Waals surface area contributed by atoms with E-state index in [1.807, 2.05) is 22.6 Å². The van der Waals surface area contributed by atoms with Crippen molar-refractivity contribution in [2.45, 2.75) is 24.4 Å². The lowest BCUT2D eigenvalue weighted by molar-refractivity contribution is -0.385. The van der Waals surface area contributed by atoms with Gasteiger partial charge in [-0.25, -0.2) is 13.9 Å². The van der Waals surface area contributed by atoms with Crippen molar-refractivity contribution in [3.63, 3.8) is 0 Å². The first-order valence-corrected chi connectivity index (χ1v) is 10.1. The van der Waals surface area contributed by atoms with E-state index in [9.17, 15) is 23.3 Å². The molecular weight excluding hydrogens is 489 g/mol. The van der Waals surface area contributed by atoms with Crippen molar-refractivity contribution in [3.05, 3.63) is 67.8 Å².